The first-order valence-electron chi connectivity index (χ1n) is 2.35. The second kappa shape index (κ2) is 4.23. The molecule has 0 aromatic carbocycles. The fourth-order valence-electron chi connectivity index (χ4n) is 0.428. The molecule has 50 valence electrons. The SMILES string of the molecule is Cc1ncc(F)c(Cl)n1.[H-].[Na+]. The van der Waals surface area contributed by atoms with Crippen LogP contribution in [0.15, 0.2) is 6.20 Å². The minimum atomic E-state index is -0.581. The molecule has 5 heteroatoms. The maximum Gasteiger partial charge on any atom is 1.00 e. The predicted molar refractivity (Wildman–Crippen MR) is 32.8 cm³/mol. The summed E-state index contributed by atoms with van der Waals surface area (Å²) in [5.41, 5.74) is 0. The van der Waals surface area contributed by atoms with Crippen molar-refractivity contribution in [2.45, 2.75) is 6.92 Å². The van der Waals surface area contributed by atoms with Gasteiger partial charge in [0.1, 0.15) is 5.82 Å². The third-order valence-electron chi connectivity index (χ3n) is 0.822. The summed E-state index contributed by atoms with van der Waals surface area (Å²) in [6.07, 6.45) is 1.05. The predicted octanol–water partition coefficient (Wildman–Crippen LogP) is -1.31. The molecule has 0 spiro atoms. The normalized spacial score (nSPS) is 8.70. The van der Waals surface area contributed by atoms with Gasteiger partial charge in [0.25, 0.3) is 0 Å². The summed E-state index contributed by atoms with van der Waals surface area (Å²) in [7, 11) is 0. The van der Waals surface area contributed by atoms with Gasteiger partial charge in [0, 0.05) is 0 Å². The van der Waals surface area contributed by atoms with Crippen LogP contribution in [0.3, 0.4) is 0 Å². The molecule has 0 aliphatic rings. The van der Waals surface area contributed by atoms with E-state index >= 15 is 0 Å². The van der Waals surface area contributed by atoms with Crippen LogP contribution in [0.1, 0.15) is 7.25 Å². The summed E-state index contributed by atoms with van der Waals surface area (Å²) in [6, 6.07) is 0. The molecule has 0 N–H and O–H groups in total. The zero-order valence-electron chi connectivity index (χ0n) is 6.73. The summed E-state index contributed by atoms with van der Waals surface area (Å²) in [5.74, 6) is -0.108. The third kappa shape index (κ3) is 2.50. The summed E-state index contributed by atoms with van der Waals surface area (Å²) in [4.78, 5) is 7.12. The van der Waals surface area contributed by atoms with Gasteiger partial charge >= 0.3 is 29.6 Å². The van der Waals surface area contributed by atoms with Crippen molar-refractivity contribution in [1.82, 2.24) is 9.97 Å². The Hall–Kier alpha value is 0.300. The smallest absolute Gasteiger partial charge is 1.00 e. The molecule has 0 fully saturated rings. The second-order valence-corrected chi connectivity index (χ2v) is 1.91. The van der Waals surface area contributed by atoms with E-state index in [2.05, 4.69) is 9.97 Å². The molecule has 1 aromatic heterocycles. The van der Waals surface area contributed by atoms with Crippen molar-refractivity contribution in [1.29, 1.82) is 0 Å². The van der Waals surface area contributed by atoms with Gasteiger partial charge in [-0.2, -0.15) is 0 Å². The Bertz CT molecular complexity index is 236. The summed E-state index contributed by atoms with van der Waals surface area (Å²) < 4.78 is 12.2. The Morgan fingerprint density at radius 3 is 2.70 bits per heavy atom. The van der Waals surface area contributed by atoms with E-state index in [1.54, 1.807) is 6.92 Å². The van der Waals surface area contributed by atoms with Crippen LogP contribution in [0.4, 0.5) is 4.39 Å². The van der Waals surface area contributed by atoms with Crippen LogP contribution >= 0.6 is 11.6 Å². The average molecular weight is 171 g/mol. The first-order valence-corrected chi connectivity index (χ1v) is 2.72. The van der Waals surface area contributed by atoms with Crippen molar-refractivity contribution >= 4 is 11.6 Å². The van der Waals surface area contributed by atoms with Gasteiger partial charge in [-0.15, -0.1) is 0 Å². The fraction of sp³-hybridized carbons (Fsp3) is 0.200. The molecule has 0 bridgehead atoms. The van der Waals surface area contributed by atoms with Crippen molar-refractivity contribution in [2.24, 2.45) is 0 Å². The first kappa shape index (κ1) is 10.3. The molecule has 0 unspecified atom stereocenters. The second-order valence-electron chi connectivity index (χ2n) is 1.56. The maximum atomic E-state index is 12.2. The molecule has 10 heavy (non-hydrogen) atoms. The van der Waals surface area contributed by atoms with Crippen molar-refractivity contribution in [3.8, 4) is 0 Å². The van der Waals surface area contributed by atoms with Crippen LogP contribution in [0.2, 0.25) is 5.15 Å². The van der Waals surface area contributed by atoms with E-state index in [0.717, 1.165) is 6.20 Å². The van der Waals surface area contributed by atoms with Gasteiger partial charge in [-0.05, 0) is 6.92 Å². The number of hydrogen-bond acceptors (Lipinski definition) is 2. The van der Waals surface area contributed by atoms with Crippen molar-refractivity contribution in [3.05, 3.63) is 23.0 Å². The van der Waals surface area contributed by atoms with E-state index in [1.165, 1.54) is 0 Å². The number of halogens is 2. The van der Waals surface area contributed by atoms with Crippen molar-refractivity contribution in [3.63, 3.8) is 0 Å². The zero-order valence-corrected chi connectivity index (χ0v) is 8.48. The molecule has 0 amide bonds. The minimum Gasteiger partial charge on any atom is -1.00 e. The molecule has 0 saturated heterocycles. The van der Waals surface area contributed by atoms with Crippen molar-refractivity contribution < 1.29 is 35.4 Å². The molecule has 0 atom stereocenters. The minimum absolute atomic E-state index is 0. The van der Waals surface area contributed by atoms with Crippen LogP contribution in [-0.2, 0) is 0 Å². The number of aromatic nitrogens is 2. The van der Waals surface area contributed by atoms with Crippen LogP contribution in [0, 0.1) is 12.7 Å². The Balaban J connectivity index is 0. The van der Waals surface area contributed by atoms with Crippen LogP contribution in [-0.4, -0.2) is 9.97 Å². The fourth-order valence-corrected chi connectivity index (χ4v) is 0.599. The Kier molecular flexibility index (Phi) is 4.36. The van der Waals surface area contributed by atoms with Crippen LogP contribution in [0.5, 0.6) is 0 Å². The van der Waals surface area contributed by atoms with Gasteiger partial charge in [-0.25, -0.2) is 14.4 Å². The van der Waals surface area contributed by atoms with E-state index in [-0.39, 0.29) is 36.1 Å². The van der Waals surface area contributed by atoms with Gasteiger partial charge in [-0.3, -0.25) is 0 Å². The Labute approximate surface area is 86.6 Å². The Morgan fingerprint density at radius 1 is 1.70 bits per heavy atom. The van der Waals surface area contributed by atoms with E-state index in [4.69, 9.17) is 11.6 Å². The Morgan fingerprint density at radius 2 is 2.30 bits per heavy atom. The first-order chi connectivity index (χ1) is 4.20. The molecule has 2 nitrogen and oxygen atoms in total. The van der Waals surface area contributed by atoms with E-state index < -0.39 is 5.82 Å². The van der Waals surface area contributed by atoms with Gasteiger partial charge in [-0.1, -0.05) is 11.6 Å². The van der Waals surface area contributed by atoms with E-state index in [9.17, 15) is 4.39 Å². The van der Waals surface area contributed by atoms with Gasteiger partial charge < -0.3 is 1.43 Å². The monoisotopic (exact) mass is 170 g/mol. The molecule has 1 heterocycles. The molecule has 0 saturated carbocycles. The number of hydrogen-bond donors (Lipinski definition) is 0. The molecular formula is C5H5ClFN2Na. The number of rotatable bonds is 0. The summed E-state index contributed by atoms with van der Waals surface area (Å²) in [5, 5.41) is -0.123. The quantitative estimate of drug-likeness (QED) is 0.357. The largest absolute Gasteiger partial charge is 1.00 e. The maximum absolute atomic E-state index is 12.2. The molecule has 0 aliphatic carbocycles. The number of nitrogens with zero attached hydrogens (tertiary/aromatic N) is 2. The standard InChI is InChI=1S/C5H4ClFN2.Na.H/c1-3-8-2-4(7)5(6)9-3;;/h2H,1H3;;/q;+1;-1. The third-order valence-corrected chi connectivity index (χ3v) is 1.09. The molecule has 1 aromatic rings. The number of aryl methyl sites for hydroxylation is 1. The van der Waals surface area contributed by atoms with Crippen LogP contribution < -0.4 is 29.6 Å². The van der Waals surface area contributed by atoms with Gasteiger partial charge in [0.15, 0.2) is 11.0 Å². The van der Waals surface area contributed by atoms with Crippen LogP contribution in [0.25, 0.3) is 0 Å². The summed E-state index contributed by atoms with van der Waals surface area (Å²) >= 11 is 5.29. The zero-order chi connectivity index (χ0) is 6.85. The topological polar surface area (TPSA) is 25.8 Å². The van der Waals surface area contributed by atoms with Gasteiger partial charge in [0.05, 0.1) is 6.20 Å². The molecule has 0 radical (unpaired) electrons. The molecule has 0 aliphatic heterocycles. The average Bonchev–Trinajstić information content (AvgIpc) is 1.80. The van der Waals surface area contributed by atoms with E-state index in [0.29, 0.717) is 5.82 Å². The van der Waals surface area contributed by atoms with E-state index in [1.807, 2.05) is 0 Å². The summed E-state index contributed by atoms with van der Waals surface area (Å²) in [6.45, 7) is 1.64. The van der Waals surface area contributed by atoms with Gasteiger partial charge in [0.2, 0.25) is 0 Å². The van der Waals surface area contributed by atoms with Crippen molar-refractivity contribution in [2.75, 3.05) is 0 Å². The molecule has 1 rings (SSSR count). The molecular weight excluding hydrogens is 166 g/mol.